The fraction of sp³-hybridized carbons (Fsp3) is 0.333. The molecule has 3 nitrogen and oxygen atoms in total. The molecule has 0 atom stereocenters. The van der Waals surface area contributed by atoms with Gasteiger partial charge in [0.25, 0.3) is 5.17 Å². The Labute approximate surface area is 100 Å². The van der Waals surface area contributed by atoms with Crippen LogP contribution in [0.15, 0.2) is 18.2 Å². The molecule has 1 aromatic rings. The van der Waals surface area contributed by atoms with E-state index >= 15 is 0 Å². The number of carbonyl (C=O) groups excluding carboxylic acids is 1. The molecule has 0 unspecified atom stereocenters. The van der Waals surface area contributed by atoms with Crippen molar-refractivity contribution in [1.29, 1.82) is 0 Å². The first-order chi connectivity index (χ1) is 7.58. The maximum absolute atomic E-state index is 11.4. The molecule has 1 aliphatic rings. The molecule has 0 N–H and O–H groups in total. The highest BCUT2D eigenvalue weighted by molar-refractivity contribution is 7.80. The Morgan fingerprint density at radius 2 is 2.12 bits per heavy atom. The lowest BCUT2D eigenvalue weighted by Crippen LogP contribution is -2.25. The van der Waals surface area contributed by atoms with E-state index in [1.54, 1.807) is 11.0 Å². The first kappa shape index (κ1) is 11.1. The number of nitrogens with zero attached hydrogens (tertiary/aromatic N) is 1. The molecule has 0 amide bonds. The summed E-state index contributed by atoms with van der Waals surface area (Å²) in [6.45, 7) is 0. The summed E-state index contributed by atoms with van der Waals surface area (Å²) in [5, 5.41) is 0.421. The van der Waals surface area contributed by atoms with Gasteiger partial charge in [0.15, 0.2) is 5.78 Å². The number of ketones is 1. The van der Waals surface area contributed by atoms with Gasteiger partial charge in [0.1, 0.15) is 5.75 Å². The van der Waals surface area contributed by atoms with Gasteiger partial charge in [0.2, 0.25) is 0 Å². The van der Waals surface area contributed by atoms with Crippen LogP contribution in [0.25, 0.3) is 0 Å². The number of aryl methyl sites for hydroxylation is 1. The zero-order valence-electron chi connectivity index (χ0n) is 9.32. The maximum Gasteiger partial charge on any atom is 0.264 e. The molecule has 0 spiro atoms. The van der Waals surface area contributed by atoms with E-state index in [4.69, 9.17) is 17.0 Å². The van der Waals surface area contributed by atoms with Crippen LogP contribution >= 0.6 is 12.2 Å². The number of hydrogen-bond acceptors (Lipinski definition) is 3. The third kappa shape index (κ3) is 2.07. The van der Waals surface area contributed by atoms with Crippen LogP contribution in [0.3, 0.4) is 0 Å². The number of carbonyl (C=O) groups is 1. The lowest BCUT2D eigenvalue weighted by molar-refractivity contribution is 0.0994. The summed E-state index contributed by atoms with van der Waals surface area (Å²) < 4.78 is 5.48. The molecule has 16 heavy (non-hydrogen) atoms. The highest BCUT2D eigenvalue weighted by Crippen LogP contribution is 2.26. The Kier molecular flexibility index (Phi) is 2.92. The zero-order valence-corrected chi connectivity index (χ0v) is 10.1. The predicted octanol–water partition coefficient (Wildman–Crippen LogP) is 2.04. The molecule has 0 heterocycles. The molecule has 0 bridgehead atoms. The topological polar surface area (TPSA) is 29.5 Å². The van der Waals surface area contributed by atoms with Crippen LogP contribution in [0.2, 0.25) is 0 Å². The van der Waals surface area contributed by atoms with Crippen molar-refractivity contribution in [3.05, 3.63) is 29.3 Å². The van der Waals surface area contributed by atoms with Crippen molar-refractivity contribution in [3.63, 3.8) is 0 Å². The number of fused-ring (bicyclic) bond motifs is 1. The van der Waals surface area contributed by atoms with Crippen molar-refractivity contribution < 1.29 is 9.53 Å². The molecule has 4 heteroatoms. The fourth-order valence-electron chi connectivity index (χ4n) is 1.69. The van der Waals surface area contributed by atoms with Crippen LogP contribution in [0.5, 0.6) is 5.75 Å². The minimum Gasteiger partial charge on any atom is -0.432 e. The van der Waals surface area contributed by atoms with Crippen LogP contribution in [-0.2, 0) is 6.42 Å². The van der Waals surface area contributed by atoms with Crippen LogP contribution in [0, 0.1) is 0 Å². The van der Waals surface area contributed by atoms with Crippen LogP contribution in [0.4, 0.5) is 0 Å². The number of hydrogen-bond donors (Lipinski definition) is 0. The zero-order chi connectivity index (χ0) is 11.7. The maximum atomic E-state index is 11.4. The summed E-state index contributed by atoms with van der Waals surface area (Å²) >= 11 is 5.05. The van der Waals surface area contributed by atoms with Crippen molar-refractivity contribution in [2.24, 2.45) is 0 Å². The Hall–Kier alpha value is -1.42. The average molecular weight is 235 g/mol. The van der Waals surface area contributed by atoms with Gasteiger partial charge in [-0.05, 0) is 42.4 Å². The van der Waals surface area contributed by atoms with Crippen molar-refractivity contribution in [2.45, 2.75) is 12.8 Å². The van der Waals surface area contributed by atoms with Crippen molar-refractivity contribution in [1.82, 2.24) is 4.90 Å². The van der Waals surface area contributed by atoms with Crippen molar-refractivity contribution in [3.8, 4) is 5.75 Å². The third-order valence-corrected chi connectivity index (χ3v) is 3.02. The van der Waals surface area contributed by atoms with E-state index in [1.807, 2.05) is 26.2 Å². The Morgan fingerprint density at radius 3 is 2.81 bits per heavy atom. The number of benzene rings is 1. The first-order valence-electron chi connectivity index (χ1n) is 5.13. The molecular weight excluding hydrogens is 222 g/mol. The molecular formula is C12H13NO2S. The summed E-state index contributed by atoms with van der Waals surface area (Å²) in [5.41, 5.74) is 1.88. The molecule has 0 saturated carbocycles. The average Bonchev–Trinajstić information content (AvgIpc) is 2.60. The quantitative estimate of drug-likeness (QED) is 0.697. The molecule has 0 fully saturated rings. The van der Waals surface area contributed by atoms with Gasteiger partial charge in [-0.3, -0.25) is 4.79 Å². The van der Waals surface area contributed by atoms with Gasteiger partial charge in [-0.15, -0.1) is 0 Å². The first-order valence-corrected chi connectivity index (χ1v) is 5.54. The Morgan fingerprint density at radius 1 is 1.38 bits per heavy atom. The smallest absolute Gasteiger partial charge is 0.264 e. The van der Waals surface area contributed by atoms with E-state index in [0.29, 0.717) is 17.3 Å². The summed E-state index contributed by atoms with van der Waals surface area (Å²) in [6, 6.07) is 5.51. The van der Waals surface area contributed by atoms with Crippen LogP contribution < -0.4 is 4.74 Å². The van der Waals surface area contributed by atoms with E-state index in [0.717, 1.165) is 17.5 Å². The van der Waals surface area contributed by atoms with Gasteiger partial charge in [0.05, 0.1) is 0 Å². The molecule has 1 aromatic carbocycles. The summed E-state index contributed by atoms with van der Waals surface area (Å²) in [4.78, 5) is 13.2. The Balaban J connectivity index is 2.20. The predicted molar refractivity (Wildman–Crippen MR) is 66.0 cm³/mol. The lowest BCUT2D eigenvalue weighted by atomic mass is 10.1. The summed E-state index contributed by atoms with van der Waals surface area (Å²) in [5.74, 6) is 0.920. The van der Waals surface area contributed by atoms with E-state index in [9.17, 15) is 4.79 Å². The minimum atomic E-state index is 0.219. The monoisotopic (exact) mass is 235 g/mol. The van der Waals surface area contributed by atoms with Gasteiger partial charge in [-0.25, -0.2) is 0 Å². The molecule has 84 valence electrons. The molecule has 0 radical (unpaired) electrons. The highest BCUT2D eigenvalue weighted by atomic mass is 32.1. The van der Waals surface area contributed by atoms with Gasteiger partial charge in [-0.1, -0.05) is 0 Å². The molecule has 2 rings (SSSR count). The van der Waals surface area contributed by atoms with Gasteiger partial charge < -0.3 is 9.64 Å². The second kappa shape index (κ2) is 4.22. The number of rotatable bonds is 1. The van der Waals surface area contributed by atoms with E-state index in [2.05, 4.69) is 0 Å². The number of Topliss-reactive ketones (excluding diaryl/α,β-unsaturated/α-hetero) is 1. The van der Waals surface area contributed by atoms with E-state index in [-0.39, 0.29) is 5.78 Å². The fourth-order valence-corrected chi connectivity index (χ4v) is 1.78. The lowest BCUT2D eigenvalue weighted by Gasteiger charge is -2.14. The largest absolute Gasteiger partial charge is 0.432 e. The normalized spacial score (nSPS) is 13.5. The molecule has 0 aromatic heterocycles. The standard InChI is InChI=1S/C12H13NO2S/c1-13(2)12(16)15-9-4-5-10-8(7-9)3-6-11(10)14/h4-5,7H,3,6H2,1-2H3. The third-order valence-electron chi connectivity index (χ3n) is 2.57. The molecule has 0 aliphatic heterocycles. The second-order valence-electron chi connectivity index (χ2n) is 4.00. The molecule has 1 aliphatic carbocycles. The summed E-state index contributed by atoms with van der Waals surface area (Å²) in [7, 11) is 3.67. The Bertz CT molecular complexity index is 454. The minimum absolute atomic E-state index is 0.219. The highest BCUT2D eigenvalue weighted by Gasteiger charge is 2.19. The number of ether oxygens (including phenoxy) is 1. The van der Waals surface area contributed by atoms with E-state index in [1.165, 1.54) is 0 Å². The van der Waals surface area contributed by atoms with Gasteiger partial charge in [0, 0.05) is 26.1 Å². The summed E-state index contributed by atoms with van der Waals surface area (Å²) in [6.07, 6.45) is 1.41. The van der Waals surface area contributed by atoms with Crippen LogP contribution in [-0.4, -0.2) is 30.0 Å². The second-order valence-corrected chi connectivity index (χ2v) is 4.35. The van der Waals surface area contributed by atoms with E-state index < -0.39 is 0 Å². The van der Waals surface area contributed by atoms with Crippen molar-refractivity contribution in [2.75, 3.05) is 14.1 Å². The SMILES string of the molecule is CN(C)C(=S)Oc1ccc2c(c1)CCC2=O. The van der Waals surface area contributed by atoms with Gasteiger partial charge in [-0.2, -0.15) is 0 Å². The number of thiocarbonyl (C=S) groups is 1. The van der Waals surface area contributed by atoms with Crippen LogP contribution in [0.1, 0.15) is 22.3 Å². The molecule has 0 saturated heterocycles. The van der Waals surface area contributed by atoms with Crippen molar-refractivity contribution >= 4 is 23.2 Å². The van der Waals surface area contributed by atoms with Gasteiger partial charge >= 0.3 is 0 Å².